The molecule has 2 aromatic rings. The van der Waals surface area contributed by atoms with Crippen LogP contribution in [0.1, 0.15) is 57.1 Å². The third-order valence-electron chi connectivity index (χ3n) is 7.97. The number of fused-ring (bicyclic) bond motifs is 1. The summed E-state index contributed by atoms with van der Waals surface area (Å²) in [6.45, 7) is 6.19. The van der Waals surface area contributed by atoms with E-state index in [1.807, 2.05) is 11.0 Å². The van der Waals surface area contributed by atoms with Crippen LogP contribution in [0.25, 0.3) is 11.1 Å². The highest BCUT2D eigenvalue weighted by Gasteiger charge is 2.32. The van der Waals surface area contributed by atoms with Crippen LogP contribution in [0.5, 0.6) is 0 Å². The van der Waals surface area contributed by atoms with Crippen molar-refractivity contribution in [1.82, 2.24) is 25.3 Å². The normalized spacial score (nSPS) is 22.1. The summed E-state index contributed by atoms with van der Waals surface area (Å²) < 4.78 is 30.2. The molecule has 8 nitrogen and oxygen atoms in total. The summed E-state index contributed by atoms with van der Waals surface area (Å²) in [6.07, 6.45) is 4.90. The third kappa shape index (κ3) is 5.32. The van der Waals surface area contributed by atoms with Gasteiger partial charge in [-0.2, -0.15) is 5.10 Å². The van der Waals surface area contributed by atoms with E-state index < -0.39 is 6.43 Å². The second-order valence-corrected chi connectivity index (χ2v) is 10.7. The first-order chi connectivity index (χ1) is 18.2. The van der Waals surface area contributed by atoms with Crippen molar-refractivity contribution < 1.29 is 13.6 Å². The van der Waals surface area contributed by atoms with Crippen LogP contribution in [0, 0.1) is 5.41 Å². The van der Waals surface area contributed by atoms with Gasteiger partial charge in [0.15, 0.2) is 0 Å². The van der Waals surface area contributed by atoms with Gasteiger partial charge in [-0.15, -0.1) is 0 Å². The highest BCUT2D eigenvalue weighted by atomic mass is 19.3. The number of hydrogen-bond acceptors (Lipinski definition) is 5. The minimum Gasteiger partial charge on any atom is -0.385 e. The van der Waals surface area contributed by atoms with Crippen molar-refractivity contribution in [2.75, 3.05) is 31.1 Å². The molecule has 0 aliphatic carbocycles. The van der Waals surface area contributed by atoms with Gasteiger partial charge in [0.2, 0.25) is 5.91 Å². The molecule has 0 bridgehead atoms. The van der Waals surface area contributed by atoms with Crippen molar-refractivity contribution in [3.63, 3.8) is 0 Å². The summed E-state index contributed by atoms with van der Waals surface area (Å²) in [6, 6.07) is 4.12. The topological polar surface area (TPSA) is 89.3 Å². The van der Waals surface area contributed by atoms with Gasteiger partial charge < -0.3 is 20.4 Å². The molecule has 1 fully saturated rings. The standard InChI is InChI=1S/C28H37F2N7O/c1-17-11-21(6-8-32-17)34-25-7-10-36(18(2)38)16-24(25)28(31)37-9-4-5-19-12-22(20-14-33-35(3)15-20)23(27(29)30)13-26(19)37/h12-15,17,21,27,31-32,34H,4-11,16H2,1-3H3. The maximum absolute atomic E-state index is 14.3. The minimum atomic E-state index is -2.66. The van der Waals surface area contributed by atoms with E-state index in [4.69, 9.17) is 0 Å². The van der Waals surface area contributed by atoms with Gasteiger partial charge in [0.1, 0.15) is 5.84 Å². The lowest BCUT2D eigenvalue weighted by atomic mass is 9.92. The van der Waals surface area contributed by atoms with Crippen molar-refractivity contribution in [2.45, 2.75) is 64.5 Å². The Morgan fingerprint density at radius 2 is 2.08 bits per heavy atom. The molecule has 1 aromatic carbocycles. The molecule has 3 N–H and O–H groups in total. The molecule has 5 rings (SSSR count). The van der Waals surface area contributed by atoms with E-state index in [2.05, 4.69) is 22.7 Å². The van der Waals surface area contributed by atoms with Crippen molar-refractivity contribution in [2.24, 2.45) is 7.05 Å². The second-order valence-electron chi connectivity index (χ2n) is 10.7. The zero-order valence-electron chi connectivity index (χ0n) is 22.4. The number of nitrogens with zero attached hydrogens (tertiary/aromatic N) is 4. The molecule has 0 spiro atoms. The van der Waals surface area contributed by atoms with E-state index in [9.17, 15) is 19.0 Å². The number of benzene rings is 1. The number of hydrogen-bond donors (Lipinski definition) is 3. The number of aromatic nitrogens is 2. The molecule has 1 amide bonds. The number of piperidine rings is 1. The highest BCUT2D eigenvalue weighted by molar-refractivity contribution is 6.09. The molecule has 1 saturated heterocycles. The zero-order chi connectivity index (χ0) is 27.0. The van der Waals surface area contributed by atoms with Crippen LogP contribution in [0.15, 0.2) is 35.8 Å². The van der Waals surface area contributed by atoms with Gasteiger partial charge in [0.05, 0.1) is 12.7 Å². The first kappa shape index (κ1) is 26.3. The number of carbonyl (C=O) groups excluding carboxylic acids is 1. The van der Waals surface area contributed by atoms with Crippen LogP contribution < -0.4 is 15.5 Å². The van der Waals surface area contributed by atoms with E-state index in [0.29, 0.717) is 55.0 Å². The van der Waals surface area contributed by atoms with E-state index in [1.165, 1.54) is 0 Å². The van der Waals surface area contributed by atoms with Gasteiger partial charge in [0.25, 0.3) is 6.43 Å². The maximum Gasteiger partial charge on any atom is 0.264 e. The number of carbonyl (C=O) groups is 1. The Hall–Kier alpha value is -3.27. The predicted molar refractivity (Wildman–Crippen MR) is 145 cm³/mol. The van der Waals surface area contributed by atoms with Crippen molar-refractivity contribution in [3.05, 3.63) is 46.9 Å². The number of amides is 1. The quantitative estimate of drug-likeness (QED) is 0.406. The van der Waals surface area contributed by atoms with Gasteiger partial charge >= 0.3 is 0 Å². The minimum absolute atomic E-state index is 0.0232. The second kappa shape index (κ2) is 10.8. The van der Waals surface area contributed by atoms with Crippen LogP contribution in [0.4, 0.5) is 14.5 Å². The zero-order valence-corrected chi connectivity index (χ0v) is 22.4. The smallest absolute Gasteiger partial charge is 0.264 e. The fourth-order valence-corrected chi connectivity index (χ4v) is 5.95. The van der Waals surface area contributed by atoms with E-state index in [0.717, 1.165) is 49.1 Å². The number of anilines is 1. The Balaban J connectivity index is 1.51. The molecule has 2 unspecified atom stereocenters. The molecule has 0 saturated carbocycles. The fraction of sp³-hybridized carbons (Fsp3) is 0.536. The molecule has 1 aromatic heterocycles. The summed E-state index contributed by atoms with van der Waals surface area (Å²) in [5.74, 6) is 0.265. The largest absolute Gasteiger partial charge is 0.385 e. The lowest BCUT2D eigenvalue weighted by Crippen LogP contribution is -2.48. The number of aryl methyl sites for hydroxylation is 2. The Labute approximate surface area is 222 Å². The Bertz CT molecular complexity index is 1250. The number of nitrogens with one attached hydrogen (secondary N) is 3. The van der Waals surface area contributed by atoms with Crippen LogP contribution in [-0.2, 0) is 18.3 Å². The molecule has 38 heavy (non-hydrogen) atoms. The average Bonchev–Trinajstić information content (AvgIpc) is 3.33. The number of alkyl halides is 2. The van der Waals surface area contributed by atoms with E-state index >= 15 is 0 Å². The molecular formula is C28H37F2N7O. The SMILES string of the molecule is CC(=O)N1CCC(NC2CCNC(C)C2)=C(C(=N)N2CCCc3cc(-c4cnn(C)c4)c(C(F)F)cc32)C1. The Morgan fingerprint density at radius 1 is 1.26 bits per heavy atom. The van der Waals surface area contributed by atoms with Crippen molar-refractivity contribution in [1.29, 1.82) is 5.41 Å². The summed E-state index contributed by atoms with van der Waals surface area (Å²) >= 11 is 0. The van der Waals surface area contributed by atoms with Crippen LogP contribution in [-0.4, -0.2) is 64.7 Å². The Morgan fingerprint density at radius 3 is 2.76 bits per heavy atom. The molecule has 10 heteroatoms. The third-order valence-corrected chi connectivity index (χ3v) is 7.97. The molecule has 0 radical (unpaired) electrons. The summed E-state index contributed by atoms with van der Waals surface area (Å²) in [5, 5.41) is 20.7. The van der Waals surface area contributed by atoms with E-state index in [-0.39, 0.29) is 17.3 Å². The molecule has 3 aliphatic heterocycles. The monoisotopic (exact) mass is 525 g/mol. The predicted octanol–water partition coefficient (Wildman–Crippen LogP) is 3.99. The average molecular weight is 526 g/mol. The lowest BCUT2D eigenvalue weighted by Gasteiger charge is -2.39. The molecule has 4 heterocycles. The number of halogens is 2. The van der Waals surface area contributed by atoms with Gasteiger partial charge in [-0.05, 0) is 62.4 Å². The molecular weight excluding hydrogens is 488 g/mol. The fourth-order valence-electron chi connectivity index (χ4n) is 5.95. The molecule has 204 valence electrons. The van der Waals surface area contributed by atoms with Gasteiger partial charge in [0, 0.05) is 79.8 Å². The van der Waals surface area contributed by atoms with Gasteiger partial charge in [-0.3, -0.25) is 14.9 Å². The summed E-state index contributed by atoms with van der Waals surface area (Å²) in [7, 11) is 1.77. The number of amidine groups is 1. The van der Waals surface area contributed by atoms with Crippen LogP contribution in [0.3, 0.4) is 0 Å². The lowest BCUT2D eigenvalue weighted by molar-refractivity contribution is -0.128. The first-order valence-electron chi connectivity index (χ1n) is 13.5. The molecule has 3 aliphatic rings. The van der Waals surface area contributed by atoms with E-state index in [1.54, 1.807) is 42.0 Å². The van der Waals surface area contributed by atoms with Crippen molar-refractivity contribution >= 4 is 17.4 Å². The van der Waals surface area contributed by atoms with Crippen LogP contribution in [0.2, 0.25) is 0 Å². The van der Waals surface area contributed by atoms with Gasteiger partial charge in [-0.1, -0.05) is 0 Å². The van der Waals surface area contributed by atoms with Crippen molar-refractivity contribution in [3.8, 4) is 11.1 Å². The Kier molecular flexibility index (Phi) is 7.52. The summed E-state index contributed by atoms with van der Waals surface area (Å²) in [5.41, 5.74) is 4.48. The van der Waals surface area contributed by atoms with Crippen LogP contribution >= 0.6 is 0 Å². The highest BCUT2D eigenvalue weighted by Crippen LogP contribution is 2.39. The maximum atomic E-state index is 14.3. The summed E-state index contributed by atoms with van der Waals surface area (Å²) in [4.78, 5) is 15.9. The number of rotatable bonds is 5. The first-order valence-corrected chi connectivity index (χ1v) is 13.5. The van der Waals surface area contributed by atoms with Gasteiger partial charge in [-0.25, -0.2) is 8.78 Å². The molecule has 2 atom stereocenters.